The van der Waals surface area contributed by atoms with Gasteiger partial charge in [-0.3, -0.25) is 14.4 Å². The maximum atomic E-state index is 12.7. The molecule has 2 bridgehead atoms. The molecule has 9 heteroatoms. The number of hydrogen-bond acceptors (Lipinski definition) is 9. The van der Waals surface area contributed by atoms with Crippen molar-refractivity contribution in [3.05, 3.63) is 12.7 Å². The third-order valence-corrected chi connectivity index (χ3v) is 6.11. The smallest absolute Gasteiger partial charge is 0.330 e. The Labute approximate surface area is 161 Å². The molecule has 0 spiro atoms. The first-order valence-corrected chi connectivity index (χ1v) is 9.38. The lowest BCUT2D eigenvalue weighted by atomic mass is 9.78. The highest BCUT2D eigenvalue weighted by molar-refractivity contribution is 5.87. The van der Waals surface area contributed by atoms with Crippen molar-refractivity contribution in [3.8, 4) is 0 Å². The average Bonchev–Trinajstić information content (AvgIpc) is 3.39. The lowest BCUT2D eigenvalue weighted by Gasteiger charge is -2.30. The highest BCUT2D eigenvalue weighted by atomic mass is 16.7. The van der Waals surface area contributed by atoms with Gasteiger partial charge in [-0.2, -0.15) is 0 Å². The number of methoxy groups -OCH3 is 1. The summed E-state index contributed by atoms with van der Waals surface area (Å²) in [5.74, 6) is -3.91. The summed E-state index contributed by atoms with van der Waals surface area (Å²) >= 11 is 0. The molecule has 152 valence electrons. The number of ether oxygens (including phenoxy) is 5. The molecule has 3 heterocycles. The lowest BCUT2D eigenvalue weighted by Crippen LogP contribution is -2.48. The molecule has 9 nitrogen and oxygen atoms in total. The van der Waals surface area contributed by atoms with Crippen LogP contribution < -0.4 is 0 Å². The Morgan fingerprint density at radius 2 is 1.93 bits per heavy atom. The van der Waals surface area contributed by atoms with E-state index in [1.54, 1.807) is 0 Å². The molecule has 0 N–H and O–H groups in total. The van der Waals surface area contributed by atoms with Crippen LogP contribution >= 0.6 is 0 Å². The van der Waals surface area contributed by atoms with Crippen LogP contribution in [-0.2, 0) is 42.9 Å². The summed E-state index contributed by atoms with van der Waals surface area (Å²) in [7, 11) is 1.23. The number of esters is 4. The molecule has 1 saturated carbocycles. The normalized spacial score (nSPS) is 36.7. The van der Waals surface area contributed by atoms with Gasteiger partial charge in [-0.1, -0.05) is 6.58 Å². The SMILES string of the molecule is C=CC(=O)OC1(CC(=O)OC2C3OC(=O)C4C3OC2C4C(=O)OC)CCCC1. The molecule has 4 rings (SSSR count). The summed E-state index contributed by atoms with van der Waals surface area (Å²) < 4.78 is 26.9. The van der Waals surface area contributed by atoms with Crippen LogP contribution in [0, 0.1) is 11.8 Å². The van der Waals surface area contributed by atoms with Gasteiger partial charge in [-0.15, -0.1) is 0 Å². The zero-order valence-corrected chi connectivity index (χ0v) is 15.5. The molecule has 0 aromatic rings. The van der Waals surface area contributed by atoms with Crippen molar-refractivity contribution in [2.24, 2.45) is 11.8 Å². The zero-order chi connectivity index (χ0) is 20.1. The monoisotopic (exact) mass is 394 g/mol. The number of rotatable bonds is 6. The topological polar surface area (TPSA) is 114 Å². The van der Waals surface area contributed by atoms with E-state index in [4.69, 9.17) is 23.7 Å². The summed E-state index contributed by atoms with van der Waals surface area (Å²) in [6.07, 6.45) is 0.682. The van der Waals surface area contributed by atoms with E-state index >= 15 is 0 Å². The van der Waals surface area contributed by atoms with E-state index in [2.05, 4.69) is 6.58 Å². The van der Waals surface area contributed by atoms with E-state index in [0.717, 1.165) is 18.9 Å². The quantitative estimate of drug-likeness (QED) is 0.360. The van der Waals surface area contributed by atoms with Gasteiger partial charge in [-0.25, -0.2) is 4.79 Å². The second-order valence-corrected chi connectivity index (χ2v) is 7.69. The minimum atomic E-state index is -0.919. The maximum Gasteiger partial charge on any atom is 0.330 e. The predicted octanol–water partition coefficient (Wildman–Crippen LogP) is 0.442. The molecule has 3 aliphatic heterocycles. The zero-order valence-electron chi connectivity index (χ0n) is 15.5. The Hall–Kier alpha value is -2.42. The van der Waals surface area contributed by atoms with Crippen LogP contribution in [0.15, 0.2) is 12.7 Å². The van der Waals surface area contributed by atoms with Crippen molar-refractivity contribution in [2.45, 2.75) is 62.1 Å². The fraction of sp³-hybridized carbons (Fsp3) is 0.684. The highest BCUT2D eigenvalue weighted by Gasteiger charge is 2.72. The van der Waals surface area contributed by atoms with Crippen LogP contribution in [0.4, 0.5) is 0 Å². The number of fused-ring (bicyclic) bond motifs is 1. The number of hydrogen-bond donors (Lipinski definition) is 0. The fourth-order valence-electron chi connectivity index (χ4n) is 4.92. The van der Waals surface area contributed by atoms with Gasteiger partial charge < -0.3 is 23.7 Å². The van der Waals surface area contributed by atoms with E-state index in [-0.39, 0.29) is 6.42 Å². The van der Waals surface area contributed by atoms with Crippen LogP contribution in [0.5, 0.6) is 0 Å². The molecule has 1 aliphatic carbocycles. The first kappa shape index (κ1) is 18.9. The minimum absolute atomic E-state index is 0.118. The molecule has 0 radical (unpaired) electrons. The Balaban J connectivity index is 1.47. The van der Waals surface area contributed by atoms with Crippen LogP contribution in [-0.4, -0.2) is 61.0 Å². The Kier molecular flexibility index (Phi) is 4.65. The highest BCUT2D eigenvalue weighted by Crippen LogP contribution is 2.51. The first-order chi connectivity index (χ1) is 13.4. The van der Waals surface area contributed by atoms with Crippen molar-refractivity contribution in [1.29, 1.82) is 0 Å². The van der Waals surface area contributed by atoms with Crippen molar-refractivity contribution < 1.29 is 42.9 Å². The summed E-state index contributed by atoms with van der Waals surface area (Å²) in [5, 5.41) is 0. The molecule has 4 fully saturated rings. The summed E-state index contributed by atoms with van der Waals surface area (Å²) in [5.41, 5.74) is -0.919. The largest absolute Gasteiger partial charge is 0.469 e. The van der Waals surface area contributed by atoms with Gasteiger partial charge in [0.1, 0.15) is 29.6 Å². The van der Waals surface area contributed by atoms with Gasteiger partial charge in [0.15, 0.2) is 12.2 Å². The third kappa shape index (κ3) is 2.88. The van der Waals surface area contributed by atoms with Gasteiger partial charge in [0.05, 0.1) is 13.5 Å². The van der Waals surface area contributed by atoms with Crippen LogP contribution in [0.3, 0.4) is 0 Å². The van der Waals surface area contributed by atoms with Crippen molar-refractivity contribution >= 4 is 23.9 Å². The molecule has 0 amide bonds. The number of carbonyl (C=O) groups excluding carboxylic acids is 4. The Morgan fingerprint density at radius 1 is 1.21 bits per heavy atom. The molecule has 28 heavy (non-hydrogen) atoms. The van der Waals surface area contributed by atoms with Gasteiger partial charge in [-0.05, 0) is 25.7 Å². The molecular weight excluding hydrogens is 372 g/mol. The molecule has 6 unspecified atom stereocenters. The second-order valence-electron chi connectivity index (χ2n) is 7.69. The Morgan fingerprint density at radius 3 is 2.57 bits per heavy atom. The molecule has 4 aliphatic rings. The van der Waals surface area contributed by atoms with Crippen molar-refractivity contribution in [2.75, 3.05) is 7.11 Å². The molecule has 0 aromatic heterocycles. The molecular formula is C19H22O9. The maximum absolute atomic E-state index is 12.7. The Bertz CT molecular complexity index is 723. The lowest BCUT2D eigenvalue weighted by molar-refractivity contribution is -0.172. The fourth-order valence-corrected chi connectivity index (χ4v) is 4.92. The van der Waals surface area contributed by atoms with E-state index in [0.29, 0.717) is 12.8 Å². The second kappa shape index (κ2) is 6.88. The molecule has 6 atom stereocenters. The summed E-state index contributed by atoms with van der Waals surface area (Å²) in [6.45, 7) is 3.39. The summed E-state index contributed by atoms with van der Waals surface area (Å²) in [4.78, 5) is 48.6. The van der Waals surface area contributed by atoms with E-state index in [1.165, 1.54) is 7.11 Å². The average molecular weight is 394 g/mol. The third-order valence-electron chi connectivity index (χ3n) is 6.11. The standard InChI is InChI=1S/C19H22O9/c1-3-9(20)28-19(6-4-5-7-19)8-10(21)25-15-13-11(17(22)24-2)12-14(26-13)16(15)27-18(12)23/h3,11-16H,1,4-8H2,2H3. The minimum Gasteiger partial charge on any atom is -0.469 e. The van der Waals surface area contributed by atoms with Crippen molar-refractivity contribution in [1.82, 2.24) is 0 Å². The van der Waals surface area contributed by atoms with Gasteiger partial charge >= 0.3 is 23.9 Å². The van der Waals surface area contributed by atoms with E-state index in [9.17, 15) is 19.2 Å². The van der Waals surface area contributed by atoms with Gasteiger partial charge in [0.2, 0.25) is 0 Å². The molecule has 0 aromatic carbocycles. The summed E-state index contributed by atoms with van der Waals surface area (Å²) in [6, 6.07) is 0. The van der Waals surface area contributed by atoms with Crippen LogP contribution in [0.2, 0.25) is 0 Å². The first-order valence-electron chi connectivity index (χ1n) is 9.38. The van der Waals surface area contributed by atoms with Crippen LogP contribution in [0.1, 0.15) is 32.1 Å². The van der Waals surface area contributed by atoms with E-state index in [1.807, 2.05) is 0 Å². The van der Waals surface area contributed by atoms with Crippen molar-refractivity contribution in [3.63, 3.8) is 0 Å². The number of carbonyl (C=O) groups is 4. The van der Waals surface area contributed by atoms with Gasteiger partial charge in [0, 0.05) is 6.08 Å². The van der Waals surface area contributed by atoms with Gasteiger partial charge in [0.25, 0.3) is 0 Å². The predicted molar refractivity (Wildman–Crippen MR) is 89.5 cm³/mol. The van der Waals surface area contributed by atoms with Crippen LogP contribution in [0.25, 0.3) is 0 Å². The molecule has 3 saturated heterocycles. The van der Waals surface area contributed by atoms with E-state index < -0.39 is 65.7 Å².